The van der Waals surface area contributed by atoms with Crippen LogP contribution in [0.2, 0.25) is 0 Å². The van der Waals surface area contributed by atoms with Crippen LogP contribution in [0, 0.1) is 0 Å². The van der Waals surface area contributed by atoms with Crippen LogP contribution in [0.4, 0.5) is 11.4 Å². The molecule has 2 aromatic carbocycles. The maximum atomic E-state index is 13.7. The van der Waals surface area contributed by atoms with Crippen molar-refractivity contribution in [3.8, 4) is 0 Å². The van der Waals surface area contributed by atoms with Crippen LogP contribution in [-0.2, 0) is 11.8 Å². The number of hydrogen-bond acceptors (Lipinski definition) is 7. The Bertz CT molecular complexity index is 1320. The maximum Gasteiger partial charge on any atom is 0.294 e. The highest BCUT2D eigenvalue weighted by molar-refractivity contribution is 7.99. The van der Waals surface area contributed by atoms with E-state index < -0.39 is 0 Å². The summed E-state index contributed by atoms with van der Waals surface area (Å²) in [6.45, 7) is 2.00. The molecule has 35 heavy (non-hydrogen) atoms. The van der Waals surface area contributed by atoms with E-state index in [9.17, 15) is 9.59 Å². The third kappa shape index (κ3) is 4.44. The Morgan fingerprint density at radius 3 is 2.57 bits per heavy atom. The number of aromatic nitrogens is 4. The third-order valence-corrected chi connectivity index (χ3v) is 7.03. The van der Waals surface area contributed by atoms with Gasteiger partial charge in [-0.3, -0.25) is 9.59 Å². The lowest BCUT2D eigenvalue weighted by Crippen LogP contribution is -2.48. The van der Waals surface area contributed by atoms with E-state index in [0.717, 1.165) is 16.9 Å². The molecule has 0 bridgehead atoms. The van der Waals surface area contributed by atoms with Gasteiger partial charge in [0.05, 0.1) is 18.1 Å². The first-order valence-corrected chi connectivity index (χ1v) is 12.2. The number of aryl methyl sites for hydroxylation is 1. The molecule has 0 aliphatic carbocycles. The first-order chi connectivity index (χ1) is 17.0. The summed E-state index contributed by atoms with van der Waals surface area (Å²) in [7, 11) is 1.74. The average molecular weight is 489 g/mol. The van der Waals surface area contributed by atoms with Crippen LogP contribution in [0.1, 0.15) is 35.5 Å². The van der Waals surface area contributed by atoms with Crippen molar-refractivity contribution in [2.24, 2.45) is 7.05 Å². The predicted molar refractivity (Wildman–Crippen MR) is 132 cm³/mol. The number of tetrazole rings is 1. The molecule has 1 aliphatic heterocycles. The second kappa shape index (κ2) is 9.75. The molecule has 10 heteroatoms. The van der Waals surface area contributed by atoms with E-state index in [-0.39, 0.29) is 35.4 Å². The molecule has 0 spiro atoms. The fourth-order valence-corrected chi connectivity index (χ4v) is 5.19. The number of nitrogens with zero attached hydrogens (tertiary/aromatic N) is 6. The minimum Gasteiger partial charge on any atom is -0.459 e. The topological polar surface area (TPSA) is 97.4 Å². The van der Waals surface area contributed by atoms with Gasteiger partial charge in [0, 0.05) is 24.5 Å². The minimum absolute atomic E-state index is 0.0676. The summed E-state index contributed by atoms with van der Waals surface area (Å²) in [5.74, 6) is 0.193. The number of anilines is 2. The van der Waals surface area contributed by atoms with Gasteiger partial charge in [-0.15, -0.1) is 5.10 Å². The van der Waals surface area contributed by atoms with Crippen molar-refractivity contribution in [3.63, 3.8) is 0 Å². The number of rotatable bonds is 6. The van der Waals surface area contributed by atoms with E-state index >= 15 is 0 Å². The van der Waals surface area contributed by atoms with Gasteiger partial charge in [0.15, 0.2) is 5.76 Å². The fourth-order valence-electron chi connectivity index (χ4n) is 4.48. The van der Waals surface area contributed by atoms with Crippen LogP contribution in [-0.4, -0.2) is 43.8 Å². The van der Waals surface area contributed by atoms with Crippen LogP contribution < -0.4 is 9.80 Å². The van der Waals surface area contributed by atoms with Crippen LogP contribution in [0.15, 0.2) is 82.6 Å². The summed E-state index contributed by atoms with van der Waals surface area (Å²) >= 11 is 1.29. The van der Waals surface area contributed by atoms with Crippen molar-refractivity contribution in [2.75, 3.05) is 15.6 Å². The van der Waals surface area contributed by atoms with E-state index in [0.29, 0.717) is 11.6 Å². The Balaban J connectivity index is 1.51. The Hall–Kier alpha value is -3.92. The van der Waals surface area contributed by atoms with E-state index in [1.165, 1.54) is 18.0 Å². The second-order valence-electron chi connectivity index (χ2n) is 8.28. The normalized spacial score (nSPS) is 17.1. The van der Waals surface area contributed by atoms with Crippen molar-refractivity contribution in [1.82, 2.24) is 20.2 Å². The quantitative estimate of drug-likeness (QED) is 0.377. The van der Waals surface area contributed by atoms with Crippen LogP contribution in [0.5, 0.6) is 0 Å². The number of para-hydroxylation sites is 2. The third-order valence-electron chi connectivity index (χ3n) is 6.03. The van der Waals surface area contributed by atoms with E-state index in [1.54, 1.807) is 28.8 Å². The van der Waals surface area contributed by atoms with Gasteiger partial charge in [0.1, 0.15) is 0 Å². The van der Waals surface area contributed by atoms with E-state index in [4.69, 9.17) is 4.42 Å². The summed E-state index contributed by atoms with van der Waals surface area (Å²) in [6.07, 6.45) is 2.07. The van der Waals surface area contributed by atoms with Gasteiger partial charge >= 0.3 is 0 Å². The monoisotopic (exact) mass is 488 g/mol. The average Bonchev–Trinajstić information content (AvgIpc) is 3.55. The molecule has 0 radical (unpaired) electrons. The van der Waals surface area contributed by atoms with Gasteiger partial charge in [-0.1, -0.05) is 48.2 Å². The number of benzene rings is 2. The molecule has 0 saturated heterocycles. The predicted octanol–water partition coefficient (Wildman–Crippen LogP) is 4.11. The molecule has 178 valence electrons. The number of carbonyl (C=O) groups is 2. The van der Waals surface area contributed by atoms with Gasteiger partial charge in [0.25, 0.3) is 5.91 Å². The Kier molecular flexibility index (Phi) is 6.37. The van der Waals surface area contributed by atoms with E-state index in [2.05, 4.69) is 15.5 Å². The number of carbonyl (C=O) groups excluding carboxylic acids is 2. The van der Waals surface area contributed by atoms with Gasteiger partial charge in [-0.2, -0.15) is 0 Å². The smallest absolute Gasteiger partial charge is 0.294 e. The SMILES string of the molecule is C[C@@H]1C[C@H](N(C(=O)CSc2nnnn2C)c2ccccc2)c2ccccc2N1C(=O)c1ccco1. The zero-order chi connectivity index (χ0) is 24.4. The summed E-state index contributed by atoms with van der Waals surface area (Å²) in [4.78, 5) is 30.6. The van der Waals surface area contributed by atoms with Gasteiger partial charge in [-0.25, -0.2) is 4.68 Å². The van der Waals surface area contributed by atoms with Gasteiger partial charge < -0.3 is 14.2 Å². The standard InChI is InChI=1S/C25H24N6O3S/c1-17-15-21(19-11-6-7-12-20(19)30(17)24(33)22-13-8-14-34-22)31(18-9-4-3-5-10-18)23(32)16-35-25-26-27-28-29(25)2/h3-14,17,21H,15-16H2,1-2H3/t17-,21+/m1/s1. The molecule has 0 fully saturated rings. The number of hydrogen-bond donors (Lipinski definition) is 0. The molecule has 2 atom stereocenters. The molecule has 1 aliphatic rings. The molecule has 0 unspecified atom stereocenters. The van der Waals surface area contributed by atoms with E-state index in [1.807, 2.05) is 66.4 Å². The minimum atomic E-state index is -0.255. The molecule has 2 aromatic heterocycles. The largest absolute Gasteiger partial charge is 0.459 e. The number of thioether (sulfide) groups is 1. The highest BCUT2D eigenvalue weighted by Gasteiger charge is 2.39. The van der Waals surface area contributed by atoms with Crippen LogP contribution in [0.3, 0.4) is 0 Å². The van der Waals surface area contributed by atoms with Crippen molar-refractivity contribution >= 4 is 35.0 Å². The molecule has 2 amide bonds. The molecule has 3 heterocycles. The maximum absolute atomic E-state index is 13.7. The number of furan rings is 1. The first kappa shape index (κ1) is 22.9. The molecule has 9 nitrogen and oxygen atoms in total. The highest BCUT2D eigenvalue weighted by Crippen LogP contribution is 2.43. The zero-order valence-corrected chi connectivity index (χ0v) is 20.1. The molecular weight excluding hydrogens is 464 g/mol. The molecule has 0 saturated carbocycles. The van der Waals surface area contributed by atoms with Gasteiger partial charge in [0.2, 0.25) is 11.1 Å². The van der Waals surface area contributed by atoms with Crippen molar-refractivity contribution in [3.05, 3.63) is 84.3 Å². The second-order valence-corrected chi connectivity index (χ2v) is 9.23. The summed E-state index contributed by atoms with van der Waals surface area (Å²) in [5.41, 5.74) is 2.48. The number of amides is 2. The zero-order valence-electron chi connectivity index (χ0n) is 19.3. The lowest BCUT2D eigenvalue weighted by atomic mass is 9.89. The Labute approximate surface area is 206 Å². The lowest BCUT2D eigenvalue weighted by molar-refractivity contribution is -0.116. The fraction of sp³-hybridized carbons (Fsp3) is 0.240. The summed E-state index contributed by atoms with van der Waals surface area (Å²) in [6, 6.07) is 20.3. The van der Waals surface area contributed by atoms with Crippen molar-refractivity contribution < 1.29 is 14.0 Å². The Morgan fingerprint density at radius 2 is 1.86 bits per heavy atom. The Morgan fingerprint density at radius 1 is 1.09 bits per heavy atom. The highest BCUT2D eigenvalue weighted by atomic mass is 32.2. The van der Waals surface area contributed by atoms with Crippen molar-refractivity contribution in [2.45, 2.75) is 30.6 Å². The first-order valence-electron chi connectivity index (χ1n) is 11.2. The van der Waals surface area contributed by atoms with Gasteiger partial charge in [-0.05, 0) is 59.7 Å². The number of fused-ring (bicyclic) bond motifs is 1. The summed E-state index contributed by atoms with van der Waals surface area (Å²) in [5, 5.41) is 12.0. The molecule has 5 rings (SSSR count). The van der Waals surface area contributed by atoms with Crippen molar-refractivity contribution in [1.29, 1.82) is 0 Å². The molecule has 4 aromatic rings. The summed E-state index contributed by atoms with van der Waals surface area (Å²) < 4.78 is 6.94. The molecular formula is C25H24N6O3S. The lowest BCUT2D eigenvalue weighted by Gasteiger charge is -2.43. The van der Waals surface area contributed by atoms with Crippen LogP contribution >= 0.6 is 11.8 Å². The van der Waals surface area contributed by atoms with Crippen LogP contribution in [0.25, 0.3) is 0 Å². The molecule has 0 N–H and O–H groups in total.